The third-order valence-electron chi connectivity index (χ3n) is 9.48. The number of aliphatic hydroxyl groups excluding tert-OH is 2. The molecule has 10 nitrogen and oxygen atoms in total. The number of aromatic hydroxyl groups is 1. The second kappa shape index (κ2) is 11.6. The van der Waals surface area contributed by atoms with Crippen molar-refractivity contribution in [1.29, 1.82) is 0 Å². The van der Waals surface area contributed by atoms with Crippen molar-refractivity contribution in [3.8, 4) is 45.6 Å². The van der Waals surface area contributed by atoms with E-state index in [9.17, 15) is 15.3 Å². The highest BCUT2D eigenvalue weighted by atomic mass is 16.5. The van der Waals surface area contributed by atoms with Gasteiger partial charge in [0.15, 0.2) is 17.7 Å². The molecule has 0 aromatic heterocycles. The normalized spacial score (nSPS) is 21.5. The maximum Gasteiger partial charge on any atom is 0.200 e. The highest BCUT2D eigenvalue weighted by Gasteiger charge is 2.41. The molecule has 0 bridgehead atoms. The molecule has 2 aliphatic carbocycles. The molecule has 3 unspecified atom stereocenters. The summed E-state index contributed by atoms with van der Waals surface area (Å²) in [5.41, 5.74) is 6.69. The smallest absolute Gasteiger partial charge is 0.200 e. The third-order valence-corrected chi connectivity index (χ3v) is 9.48. The lowest BCUT2D eigenvalue weighted by Gasteiger charge is -2.39. The van der Waals surface area contributed by atoms with Crippen LogP contribution in [0.3, 0.4) is 0 Å². The molecule has 3 aromatic rings. The number of ether oxygens (including phenoxy) is 5. The van der Waals surface area contributed by atoms with Gasteiger partial charge in [-0.15, -0.1) is 0 Å². The molecule has 2 aliphatic heterocycles. The molecule has 1 fully saturated rings. The van der Waals surface area contributed by atoms with Gasteiger partial charge >= 0.3 is 0 Å². The average molecular weight is 605 g/mol. The zero-order valence-corrected chi connectivity index (χ0v) is 25.4. The monoisotopic (exact) mass is 604 g/mol. The van der Waals surface area contributed by atoms with Crippen LogP contribution in [0.15, 0.2) is 24.3 Å². The van der Waals surface area contributed by atoms with Gasteiger partial charge in [-0.1, -0.05) is 6.92 Å². The second-order valence-electron chi connectivity index (χ2n) is 11.9. The molecule has 2 heterocycles. The summed E-state index contributed by atoms with van der Waals surface area (Å²) in [6.07, 6.45) is 3.59. The van der Waals surface area contributed by atoms with E-state index in [-0.39, 0.29) is 18.5 Å². The average Bonchev–Trinajstić information content (AvgIpc) is 3.54. The summed E-state index contributed by atoms with van der Waals surface area (Å²) in [6.45, 7) is 3.27. The van der Waals surface area contributed by atoms with Crippen molar-refractivity contribution in [1.82, 2.24) is 5.32 Å². The van der Waals surface area contributed by atoms with E-state index in [1.165, 1.54) is 7.11 Å². The Morgan fingerprint density at radius 2 is 1.66 bits per heavy atom. The number of hydrogen-bond donors (Lipinski definition) is 5. The summed E-state index contributed by atoms with van der Waals surface area (Å²) >= 11 is 0. The number of anilines is 1. The van der Waals surface area contributed by atoms with Crippen LogP contribution in [0.1, 0.15) is 78.7 Å². The van der Waals surface area contributed by atoms with E-state index in [0.29, 0.717) is 53.9 Å². The number of phenolic OH excluding ortho intramolecular Hbond substituents is 1. The quantitative estimate of drug-likeness (QED) is 0.167. The molecule has 10 heteroatoms. The lowest BCUT2D eigenvalue weighted by atomic mass is 9.74. The lowest BCUT2D eigenvalue weighted by Crippen LogP contribution is -2.29. The fourth-order valence-corrected chi connectivity index (χ4v) is 7.33. The van der Waals surface area contributed by atoms with Crippen LogP contribution in [0.4, 0.5) is 5.69 Å². The SMILES string of the molecule is CCNCOc1cc(OC)c2c3c1C(O)Nc1cc4c(c(c1-3)CC2)C(O)C(c1cc(OC)c(O)c(OC2CCCC2)c1)CO4. The summed E-state index contributed by atoms with van der Waals surface area (Å²) in [5.74, 6) is 2.05. The summed E-state index contributed by atoms with van der Waals surface area (Å²) in [7, 11) is 3.16. The standard InChI is InChI=1S/C34H40N2O8/c1-4-35-16-43-25-14-23(40-2)19-9-10-20-28-22(36-34(39)31(25)30(19)28)13-24-29(20)32(37)21(15-42-24)17-11-26(41-3)33(38)27(12-17)44-18-7-5-6-8-18/h11-14,18,21,32,34-39H,4-10,15-16H2,1-3H3. The minimum atomic E-state index is -0.994. The lowest BCUT2D eigenvalue weighted by molar-refractivity contribution is 0.0876. The van der Waals surface area contributed by atoms with Gasteiger partial charge in [-0.05, 0) is 68.3 Å². The van der Waals surface area contributed by atoms with Gasteiger partial charge in [0.1, 0.15) is 24.0 Å². The van der Waals surface area contributed by atoms with Crippen molar-refractivity contribution in [2.24, 2.45) is 0 Å². The predicted octanol–water partition coefficient (Wildman–Crippen LogP) is 5.07. The van der Waals surface area contributed by atoms with Crippen molar-refractivity contribution in [2.45, 2.75) is 69.8 Å². The molecule has 7 rings (SSSR count). The van der Waals surface area contributed by atoms with E-state index in [4.69, 9.17) is 23.7 Å². The number of rotatable bonds is 9. The van der Waals surface area contributed by atoms with Gasteiger partial charge in [0.2, 0.25) is 5.75 Å². The number of benzene rings is 3. The van der Waals surface area contributed by atoms with Gasteiger partial charge in [0.05, 0.1) is 38.6 Å². The van der Waals surface area contributed by atoms with Crippen molar-refractivity contribution in [3.05, 3.63) is 52.1 Å². The molecule has 0 amide bonds. The van der Waals surface area contributed by atoms with E-state index in [0.717, 1.165) is 71.3 Å². The Morgan fingerprint density at radius 1 is 0.909 bits per heavy atom. The topological polar surface area (TPSA) is 131 Å². The predicted molar refractivity (Wildman–Crippen MR) is 164 cm³/mol. The molecule has 44 heavy (non-hydrogen) atoms. The molecule has 0 saturated heterocycles. The van der Waals surface area contributed by atoms with Gasteiger partial charge in [0, 0.05) is 46.0 Å². The molecule has 1 saturated carbocycles. The van der Waals surface area contributed by atoms with Crippen LogP contribution in [0, 0.1) is 0 Å². The largest absolute Gasteiger partial charge is 0.502 e. The maximum absolute atomic E-state index is 12.1. The number of phenols is 1. The molecule has 0 spiro atoms. The molecule has 4 aliphatic rings. The van der Waals surface area contributed by atoms with Crippen LogP contribution in [-0.2, 0) is 12.8 Å². The minimum Gasteiger partial charge on any atom is -0.502 e. The first-order valence-corrected chi connectivity index (χ1v) is 15.5. The zero-order valence-electron chi connectivity index (χ0n) is 25.4. The van der Waals surface area contributed by atoms with Crippen molar-refractivity contribution >= 4 is 5.69 Å². The highest BCUT2D eigenvalue weighted by molar-refractivity contribution is 5.93. The number of aliphatic hydroxyl groups is 2. The van der Waals surface area contributed by atoms with E-state index >= 15 is 0 Å². The molecule has 3 atom stereocenters. The van der Waals surface area contributed by atoms with Crippen LogP contribution in [0.2, 0.25) is 0 Å². The molecule has 234 valence electrons. The Kier molecular flexibility index (Phi) is 7.60. The van der Waals surface area contributed by atoms with Gasteiger partial charge < -0.3 is 44.3 Å². The first kappa shape index (κ1) is 28.9. The number of fused-ring (bicyclic) bond motifs is 2. The Bertz CT molecular complexity index is 1580. The van der Waals surface area contributed by atoms with Crippen molar-refractivity contribution in [2.75, 3.05) is 39.4 Å². The Labute approximate surface area is 256 Å². The minimum absolute atomic E-state index is 0.0335. The van der Waals surface area contributed by atoms with Gasteiger partial charge in [-0.25, -0.2) is 0 Å². The fourth-order valence-electron chi connectivity index (χ4n) is 7.33. The van der Waals surface area contributed by atoms with E-state index in [2.05, 4.69) is 10.6 Å². The number of hydrogen-bond acceptors (Lipinski definition) is 10. The van der Waals surface area contributed by atoms with Crippen LogP contribution in [0.5, 0.6) is 34.5 Å². The zero-order chi connectivity index (χ0) is 30.5. The van der Waals surface area contributed by atoms with Gasteiger partial charge in [-0.3, -0.25) is 5.32 Å². The van der Waals surface area contributed by atoms with Crippen molar-refractivity contribution in [3.63, 3.8) is 0 Å². The van der Waals surface area contributed by atoms with E-state index in [1.54, 1.807) is 13.2 Å². The number of methoxy groups -OCH3 is 2. The summed E-state index contributed by atoms with van der Waals surface area (Å²) < 4.78 is 30.0. The molecule has 5 N–H and O–H groups in total. The summed E-state index contributed by atoms with van der Waals surface area (Å²) in [6, 6.07) is 7.29. The second-order valence-corrected chi connectivity index (χ2v) is 11.9. The summed E-state index contributed by atoms with van der Waals surface area (Å²) in [4.78, 5) is 0. The van der Waals surface area contributed by atoms with Gasteiger partial charge in [-0.2, -0.15) is 0 Å². The van der Waals surface area contributed by atoms with E-state index < -0.39 is 18.2 Å². The van der Waals surface area contributed by atoms with E-state index in [1.807, 2.05) is 25.1 Å². The molecular weight excluding hydrogens is 564 g/mol. The molecular formula is C34H40N2O8. The Hall–Kier alpha value is -3.86. The van der Waals surface area contributed by atoms with Crippen LogP contribution in [0.25, 0.3) is 11.1 Å². The van der Waals surface area contributed by atoms with Crippen molar-refractivity contribution < 1.29 is 39.0 Å². The third kappa shape index (κ3) is 4.67. The maximum atomic E-state index is 12.1. The Balaban J connectivity index is 1.32. The number of nitrogens with one attached hydrogen (secondary N) is 2. The van der Waals surface area contributed by atoms with Crippen LogP contribution in [-0.4, -0.2) is 55.5 Å². The van der Waals surface area contributed by atoms with Crippen LogP contribution >= 0.6 is 0 Å². The highest BCUT2D eigenvalue weighted by Crippen LogP contribution is 2.57. The van der Waals surface area contributed by atoms with Crippen LogP contribution < -0.4 is 34.3 Å². The molecule has 0 radical (unpaired) electrons. The van der Waals surface area contributed by atoms with Gasteiger partial charge in [0.25, 0.3) is 0 Å². The summed E-state index contributed by atoms with van der Waals surface area (Å²) in [5, 5.41) is 40.7. The first-order valence-electron chi connectivity index (χ1n) is 15.5. The Morgan fingerprint density at radius 3 is 2.41 bits per heavy atom. The molecule has 3 aromatic carbocycles. The first-order chi connectivity index (χ1) is 21.4. The fraction of sp³-hybridized carbons (Fsp3) is 0.471.